The van der Waals surface area contributed by atoms with Gasteiger partial charge in [-0.05, 0) is 30.7 Å². The molecule has 0 fully saturated rings. The van der Waals surface area contributed by atoms with E-state index in [9.17, 15) is 4.39 Å². The van der Waals surface area contributed by atoms with Crippen LogP contribution >= 0.6 is 11.6 Å². The van der Waals surface area contributed by atoms with Crippen LogP contribution in [0.15, 0.2) is 36.4 Å². The smallest absolute Gasteiger partial charge is 0.141 e. The maximum atomic E-state index is 13.1. The maximum Gasteiger partial charge on any atom is 0.141 e. The molecule has 21 heavy (non-hydrogen) atoms. The van der Waals surface area contributed by atoms with Crippen LogP contribution in [0.1, 0.15) is 24.1 Å². The molecule has 0 aromatic heterocycles. The average Bonchev–Trinajstić information content (AvgIpc) is 2.48. The minimum atomic E-state index is -0.446. The molecule has 0 aliphatic heterocycles. The molecule has 0 aliphatic carbocycles. The number of methoxy groups -OCH3 is 1. The Balaban J connectivity index is 2.19. The van der Waals surface area contributed by atoms with Gasteiger partial charge in [0.2, 0.25) is 0 Å². The van der Waals surface area contributed by atoms with Crippen molar-refractivity contribution < 1.29 is 13.9 Å². The first-order valence-electron chi connectivity index (χ1n) is 6.51. The summed E-state index contributed by atoms with van der Waals surface area (Å²) < 4.78 is 24.1. The summed E-state index contributed by atoms with van der Waals surface area (Å²) in [4.78, 5) is 0. The normalized spacial score (nSPS) is 12.0. The summed E-state index contributed by atoms with van der Waals surface area (Å²) >= 11 is 5.75. The molecular formula is C16H17ClFNO2. The van der Waals surface area contributed by atoms with Crippen LogP contribution in [0.5, 0.6) is 11.5 Å². The number of hydrogen-bond acceptors (Lipinski definition) is 3. The van der Waals surface area contributed by atoms with E-state index in [-0.39, 0.29) is 17.7 Å². The highest BCUT2D eigenvalue weighted by Crippen LogP contribution is 2.29. The molecule has 0 bridgehead atoms. The molecule has 0 amide bonds. The van der Waals surface area contributed by atoms with Gasteiger partial charge in [-0.15, -0.1) is 0 Å². The van der Waals surface area contributed by atoms with Crippen LogP contribution in [0.4, 0.5) is 4.39 Å². The molecule has 0 saturated heterocycles. The minimum absolute atomic E-state index is 0.0779. The molecule has 112 valence electrons. The Bertz CT molecular complexity index is 632. The van der Waals surface area contributed by atoms with Gasteiger partial charge in [0.25, 0.3) is 0 Å². The van der Waals surface area contributed by atoms with Crippen molar-refractivity contribution in [2.24, 2.45) is 5.73 Å². The number of hydrogen-bond donors (Lipinski definition) is 1. The molecule has 2 aromatic carbocycles. The number of benzene rings is 2. The highest BCUT2D eigenvalue weighted by Gasteiger charge is 2.10. The first-order chi connectivity index (χ1) is 10.0. The van der Waals surface area contributed by atoms with Crippen LogP contribution in [0.3, 0.4) is 0 Å². The Labute approximate surface area is 128 Å². The average molecular weight is 310 g/mol. The van der Waals surface area contributed by atoms with Crippen LogP contribution in [-0.4, -0.2) is 7.11 Å². The number of nitrogens with two attached hydrogens (primary N) is 1. The third-order valence-corrected chi connectivity index (χ3v) is 3.38. The van der Waals surface area contributed by atoms with Gasteiger partial charge in [-0.3, -0.25) is 0 Å². The maximum absolute atomic E-state index is 13.1. The van der Waals surface area contributed by atoms with Crippen LogP contribution < -0.4 is 15.2 Å². The molecule has 2 rings (SSSR count). The lowest BCUT2D eigenvalue weighted by Gasteiger charge is -2.15. The van der Waals surface area contributed by atoms with E-state index in [1.54, 1.807) is 25.3 Å². The highest BCUT2D eigenvalue weighted by molar-refractivity contribution is 6.30. The van der Waals surface area contributed by atoms with Gasteiger partial charge in [0.05, 0.1) is 12.1 Å². The Morgan fingerprint density at radius 2 is 2.00 bits per heavy atom. The van der Waals surface area contributed by atoms with Gasteiger partial charge in [0.1, 0.15) is 23.9 Å². The van der Waals surface area contributed by atoms with E-state index in [2.05, 4.69) is 0 Å². The van der Waals surface area contributed by atoms with E-state index in [0.29, 0.717) is 11.5 Å². The molecule has 0 saturated carbocycles. The molecule has 0 aliphatic rings. The summed E-state index contributed by atoms with van der Waals surface area (Å²) in [6.07, 6.45) is 0. The lowest BCUT2D eigenvalue weighted by atomic mass is 10.1. The summed E-state index contributed by atoms with van der Waals surface area (Å²) in [5.41, 5.74) is 7.58. The lowest BCUT2D eigenvalue weighted by Crippen LogP contribution is -2.08. The quantitative estimate of drug-likeness (QED) is 0.905. The first-order valence-corrected chi connectivity index (χ1v) is 6.89. The zero-order valence-corrected chi connectivity index (χ0v) is 12.7. The minimum Gasteiger partial charge on any atom is -0.497 e. The van der Waals surface area contributed by atoms with Gasteiger partial charge in [-0.1, -0.05) is 23.7 Å². The van der Waals surface area contributed by atoms with E-state index < -0.39 is 5.82 Å². The van der Waals surface area contributed by atoms with E-state index >= 15 is 0 Å². The molecule has 2 N–H and O–H groups in total. The Morgan fingerprint density at radius 3 is 2.62 bits per heavy atom. The summed E-state index contributed by atoms with van der Waals surface area (Å²) in [7, 11) is 1.59. The number of ether oxygens (including phenoxy) is 2. The van der Waals surface area contributed by atoms with E-state index in [4.69, 9.17) is 26.8 Å². The number of rotatable bonds is 5. The molecular weight excluding hydrogens is 293 g/mol. The van der Waals surface area contributed by atoms with Gasteiger partial charge in [0, 0.05) is 17.7 Å². The molecule has 0 spiro atoms. The third-order valence-electron chi connectivity index (χ3n) is 3.09. The van der Waals surface area contributed by atoms with Crippen molar-refractivity contribution in [3.05, 3.63) is 58.4 Å². The van der Waals surface area contributed by atoms with Crippen molar-refractivity contribution in [3.8, 4) is 11.5 Å². The molecule has 5 heteroatoms. The highest BCUT2D eigenvalue weighted by atomic mass is 35.5. The summed E-state index contributed by atoms with van der Waals surface area (Å²) in [6.45, 7) is 2.15. The molecule has 3 nitrogen and oxygen atoms in total. The summed E-state index contributed by atoms with van der Waals surface area (Å²) in [5, 5.41) is 0.0779. The number of halogens is 2. The van der Waals surface area contributed by atoms with Crippen molar-refractivity contribution in [2.75, 3.05) is 7.11 Å². The standard InChI is InChI=1S/C16H17ClFNO2/c1-10(19)13-5-4-12(20-2)8-16(13)21-9-11-3-6-15(18)14(17)7-11/h3-8,10H,9,19H2,1-2H3/t10-/m1/s1. The van der Waals surface area contributed by atoms with Crippen LogP contribution in [-0.2, 0) is 6.61 Å². The summed E-state index contributed by atoms with van der Waals surface area (Å²) in [6, 6.07) is 9.82. The van der Waals surface area contributed by atoms with Gasteiger partial charge in [0.15, 0.2) is 0 Å². The predicted octanol–water partition coefficient (Wildman–Crippen LogP) is 4.09. The largest absolute Gasteiger partial charge is 0.497 e. The lowest BCUT2D eigenvalue weighted by molar-refractivity contribution is 0.299. The molecule has 2 aromatic rings. The van der Waals surface area contributed by atoms with Gasteiger partial charge in [-0.25, -0.2) is 4.39 Å². The second kappa shape index (κ2) is 6.78. The third kappa shape index (κ3) is 3.86. The van der Waals surface area contributed by atoms with Gasteiger partial charge < -0.3 is 15.2 Å². The second-order valence-corrected chi connectivity index (χ2v) is 5.14. The molecule has 1 atom stereocenters. The fourth-order valence-electron chi connectivity index (χ4n) is 1.93. The van der Waals surface area contributed by atoms with Crippen molar-refractivity contribution >= 4 is 11.6 Å². The van der Waals surface area contributed by atoms with Crippen molar-refractivity contribution in [2.45, 2.75) is 19.6 Å². The SMILES string of the molecule is COc1ccc([C@@H](C)N)c(OCc2ccc(F)c(Cl)c2)c1. The molecule has 0 heterocycles. The molecule has 0 unspecified atom stereocenters. The van der Waals surface area contributed by atoms with Crippen LogP contribution in [0.25, 0.3) is 0 Å². The predicted molar refractivity (Wildman–Crippen MR) is 81.3 cm³/mol. The van der Waals surface area contributed by atoms with Gasteiger partial charge >= 0.3 is 0 Å². The zero-order valence-electron chi connectivity index (χ0n) is 11.9. The van der Waals surface area contributed by atoms with E-state index in [1.165, 1.54) is 6.07 Å². The summed E-state index contributed by atoms with van der Waals surface area (Å²) in [5.74, 6) is 0.884. The monoisotopic (exact) mass is 309 g/mol. The molecule has 0 radical (unpaired) electrons. The van der Waals surface area contributed by atoms with Crippen molar-refractivity contribution in [3.63, 3.8) is 0 Å². The van der Waals surface area contributed by atoms with Crippen LogP contribution in [0.2, 0.25) is 5.02 Å². The first kappa shape index (κ1) is 15.6. The Morgan fingerprint density at radius 1 is 1.24 bits per heavy atom. The van der Waals surface area contributed by atoms with E-state index in [1.807, 2.05) is 19.1 Å². The van der Waals surface area contributed by atoms with Crippen molar-refractivity contribution in [1.82, 2.24) is 0 Å². The Hall–Kier alpha value is -1.78. The van der Waals surface area contributed by atoms with E-state index in [0.717, 1.165) is 11.1 Å². The second-order valence-electron chi connectivity index (χ2n) is 4.73. The fourth-order valence-corrected chi connectivity index (χ4v) is 2.14. The Kier molecular flexibility index (Phi) is 5.04. The van der Waals surface area contributed by atoms with Gasteiger partial charge in [-0.2, -0.15) is 0 Å². The van der Waals surface area contributed by atoms with Crippen molar-refractivity contribution in [1.29, 1.82) is 0 Å². The van der Waals surface area contributed by atoms with Crippen LogP contribution in [0, 0.1) is 5.82 Å². The topological polar surface area (TPSA) is 44.5 Å². The fraction of sp³-hybridized carbons (Fsp3) is 0.250. The zero-order chi connectivity index (χ0) is 15.4.